The summed E-state index contributed by atoms with van der Waals surface area (Å²) in [6, 6.07) is 19.5. The van der Waals surface area contributed by atoms with Crippen LogP contribution in [-0.4, -0.2) is 0 Å². The third-order valence-corrected chi connectivity index (χ3v) is 3.83. The van der Waals surface area contributed by atoms with E-state index in [1.807, 2.05) is 0 Å². The molecule has 1 unspecified atom stereocenters. The van der Waals surface area contributed by atoms with Gasteiger partial charge in [-0.05, 0) is 36.1 Å². The third-order valence-electron chi connectivity index (χ3n) is 3.83. The van der Waals surface area contributed by atoms with Gasteiger partial charge in [0.05, 0.1) is 0 Å². The van der Waals surface area contributed by atoms with Gasteiger partial charge in [-0.15, -0.1) is 0 Å². The van der Waals surface area contributed by atoms with Crippen LogP contribution < -0.4 is 0 Å². The van der Waals surface area contributed by atoms with Crippen molar-refractivity contribution in [2.24, 2.45) is 0 Å². The van der Waals surface area contributed by atoms with Gasteiger partial charge in [-0.3, -0.25) is 0 Å². The van der Waals surface area contributed by atoms with Crippen LogP contribution in [0, 0.1) is 0 Å². The van der Waals surface area contributed by atoms with Crippen molar-refractivity contribution >= 4 is 5.57 Å². The van der Waals surface area contributed by atoms with Crippen molar-refractivity contribution in [1.82, 2.24) is 0 Å². The minimum atomic E-state index is 0.451. The monoisotopic (exact) mass is 220 g/mol. The van der Waals surface area contributed by atoms with E-state index in [0.717, 1.165) is 0 Å². The molecule has 1 atom stereocenters. The number of benzene rings is 2. The lowest BCUT2D eigenvalue weighted by atomic mass is 9.89. The van der Waals surface area contributed by atoms with Crippen LogP contribution >= 0.6 is 0 Å². The number of hydrogen-bond acceptors (Lipinski definition) is 0. The SMILES string of the molecule is CC1=C(C)C(c2ccccc2)c2ccccc21. The second kappa shape index (κ2) is 3.89. The van der Waals surface area contributed by atoms with Crippen molar-refractivity contribution in [2.45, 2.75) is 19.8 Å². The second-order valence-corrected chi connectivity index (χ2v) is 4.74. The molecule has 0 aliphatic heterocycles. The lowest BCUT2D eigenvalue weighted by molar-refractivity contribution is 0.975. The first-order valence-corrected chi connectivity index (χ1v) is 6.10. The Kier molecular flexibility index (Phi) is 2.36. The highest BCUT2D eigenvalue weighted by Gasteiger charge is 2.26. The Bertz CT molecular complexity index is 576. The fraction of sp³-hybridized carbons (Fsp3) is 0.176. The molecule has 2 aromatic rings. The number of allylic oxidation sites excluding steroid dienone is 2. The van der Waals surface area contributed by atoms with Crippen LogP contribution in [0.1, 0.15) is 36.5 Å². The molecule has 0 amide bonds. The molecule has 0 saturated heterocycles. The van der Waals surface area contributed by atoms with Crippen LogP contribution in [0.5, 0.6) is 0 Å². The van der Waals surface area contributed by atoms with Gasteiger partial charge in [0.25, 0.3) is 0 Å². The predicted molar refractivity (Wildman–Crippen MR) is 73.0 cm³/mol. The van der Waals surface area contributed by atoms with Gasteiger partial charge in [-0.25, -0.2) is 0 Å². The Morgan fingerprint density at radius 3 is 2.18 bits per heavy atom. The summed E-state index contributed by atoms with van der Waals surface area (Å²) in [7, 11) is 0. The fourth-order valence-electron chi connectivity index (χ4n) is 2.83. The highest BCUT2D eigenvalue weighted by atomic mass is 14.3. The van der Waals surface area contributed by atoms with Gasteiger partial charge in [0.1, 0.15) is 0 Å². The van der Waals surface area contributed by atoms with E-state index in [-0.39, 0.29) is 0 Å². The van der Waals surface area contributed by atoms with E-state index in [0.29, 0.717) is 5.92 Å². The Morgan fingerprint density at radius 1 is 0.765 bits per heavy atom. The highest BCUT2D eigenvalue weighted by Crippen LogP contribution is 2.44. The zero-order valence-corrected chi connectivity index (χ0v) is 10.3. The summed E-state index contributed by atoms with van der Waals surface area (Å²) in [6.07, 6.45) is 0. The van der Waals surface area contributed by atoms with Crippen molar-refractivity contribution in [3.63, 3.8) is 0 Å². The molecule has 1 aliphatic rings. The van der Waals surface area contributed by atoms with Crippen LogP contribution in [0.2, 0.25) is 0 Å². The van der Waals surface area contributed by atoms with E-state index in [4.69, 9.17) is 0 Å². The van der Waals surface area contributed by atoms with Gasteiger partial charge >= 0.3 is 0 Å². The molecule has 0 fully saturated rings. The van der Waals surface area contributed by atoms with Crippen molar-refractivity contribution in [1.29, 1.82) is 0 Å². The lowest BCUT2D eigenvalue weighted by Gasteiger charge is -2.14. The molecule has 0 heteroatoms. The van der Waals surface area contributed by atoms with Crippen molar-refractivity contribution in [2.75, 3.05) is 0 Å². The van der Waals surface area contributed by atoms with Crippen molar-refractivity contribution < 1.29 is 0 Å². The summed E-state index contributed by atoms with van der Waals surface area (Å²) in [5.41, 5.74) is 7.19. The molecule has 0 N–H and O–H groups in total. The molecule has 17 heavy (non-hydrogen) atoms. The zero-order valence-electron chi connectivity index (χ0n) is 10.3. The number of hydrogen-bond donors (Lipinski definition) is 0. The van der Waals surface area contributed by atoms with Gasteiger partial charge in [-0.1, -0.05) is 60.2 Å². The summed E-state index contributed by atoms with van der Waals surface area (Å²) < 4.78 is 0. The topological polar surface area (TPSA) is 0 Å². The van der Waals surface area contributed by atoms with E-state index in [1.54, 1.807) is 0 Å². The van der Waals surface area contributed by atoms with Gasteiger partial charge < -0.3 is 0 Å². The van der Waals surface area contributed by atoms with Gasteiger partial charge in [0.2, 0.25) is 0 Å². The molecular weight excluding hydrogens is 204 g/mol. The molecule has 84 valence electrons. The summed E-state index contributed by atoms with van der Waals surface area (Å²) in [4.78, 5) is 0. The van der Waals surface area contributed by atoms with Crippen LogP contribution in [0.25, 0.3) is 5.57 Å². The third kappa shape index (κ3) is 1.52. The summed E-state index contributed by atoms with van der Waals surface area (Å²) >= 11 is 0. The van der Waals surface area contributed by atoms with E-state index >= 15 is 0 Å². The quantitative estimate of drug-likeness (QED) is 0.657. The highest BCUT2D eigenvalue weighted by molar-refractivity contribution is 5.78. The molecule has 0 aromatic heterocycles. The van der Waals surface area contributed by atoms with Crippen molar-refractivity contribution in [3.05, 3.63) is 76.9 Å². The Morgan fingerprint density at radius 2 is 1.41 bits per heavy atom. The second-order valence-electron chi connectivity index (χ2n) is 4.74. The molecular formula is C17H16. The maximum Gasteiger partial charge on any atom is 0.0308 e. The summed E-state index contributed by atoms with van der Waals surface area (Å²) in [5.74, 6) is 0.451. The van der Waals surface area contributed by atoms with E-state index in [9.17, 15) is 0 Å². The first-order chi connectivity index (χ1) is 8.29. The van der Waals surface area contributed by atoms with E-state index in [1.165, 1.54) is 27.8 Å². The standard InChI is InChI=1S/C17H16/c1-12-13(2)17(14-8-4-3-5-9-14)16-11-7-6-10-15(12)16/h3-11,17H,1-2H3. The van der Waals surface area contributed by atoms with Crippen LogP contribution in [-0.2, 0) is 0 Å². The maximum absolute atomic E-state index is 2.26. The van der Waals surface area contributed by atoms with Gasteiger partial charge in [0, 0.05) is 5.92 Å². The molecule has 0 saturated carbocycles. The molecule has 2 aromatic carbocycles. The molecule has 0 nitrogen and oxygen atoms in total. The minimum absolute atomic E-state index is 0.451. The molecule has 0 bridgehead atoms. The van der Waals surface area contributed by atoms with Crippen molar-refractivity contribution in [3.8, 4) is 0 Å². The summed E-state index contributed by atoms with van der Waals surface area (Å²) in [5, 5.41) is 0. The molecule has 0 spiro atoms. The van der Waals surface area contributed by atoms with Crippen LogP contribution in [0.3, 0.4) is 0 Å². The Hall–Kier alpha value is -1.82. The Labute approximate surface area is 103 Å². The normalized spacial score (nSPS) is 18.4. The van der Waals surface area contributed by atoms with E-state index in [2.05, 4.69) is 68.4 Å². The zero-order chi connectivity index (χ0) is 11.8. The fourth-order valence-corrected chi connectivity index (χ4v) is 2.83. The minimum Gasteiger partial charge on any atom is -0.0622 e. The number of rotatable bonds is 1. The lowest BCUT2D eigenvalue weighted by Crippen LogP contribution is -1.98. The largest absolute Gasteiger partial charge is 0.0622 e. The molecule has 3 rings (SSSR count). The van der Waals surface area contributed by atoms with Crippen LogP contribution in [0.4, 0.5) is 0 Å². The number of fused-ring (bicyclic) bond motifs is 1. The summed E-state index contributed by atoms with van der Waals surface area (Å²) in [6.45, 7) is 4.49. The molecule has 0 heterocycles. The van der Waals surface area contributed by atoms with Gasteiger partial charge in [-0.2, -0.15) is 0 Å². The predicted octanol–water partition coefficient (Wildman–Crippen LogP) is 4.63. The smallest absolute Gasteiger partial charge is 0.0308 e. The van der Waals surface area contributed by atoms with Gasteiger partial charge in [0.15, 0.2) is 0 Å². The maximum atomic E-state index is 2.26. The average Bonchev–Trinajstić information content (AvgIpc) is 2.64. The molecule has 1 aliphatic carbocycles. The average molecular weight is 220 g/mol. The molecule has 0 radical (unpaired) electrons. The van der Waals surface area contributed by atoms with Crippen LogP contribution in [0.15, 0.2) is 60.2 Å². The first kappa shape index (κ1) is 10.3. The first-order valence-electron chi connectivity index (χ1n) is 6.10. The Balaban J connectivity index is 2.20. The van der Waals surface area contributed by atoms with E-state index < -0.39 is 0 Å².